The van der Waals surface area contributed by atoms with Crippen LogP contribution in [0.25, 0.3) is 0 Å². The largest absolute Gasteiger partial charge is 0.300 e. The van der Waals surface area contributed by atoms with Crippen LogP contribution in [0.1, 0.15) is 51.9 Å². The highest BCUT2D eigenvalue weighted by atomic mass is 16.1. The molecule has 13 heavy (non-hydrogen) atoms. The molecule has 74 valence electrons. The van der Waals surface area contributed by atoms with E-state index in [9.17, 15) is 4.79 Å². The maximum atomic E-state index is 11.1. The van der Waals surface area contributed by atoms with E-state index in [-0.39, 0.29) is 0 Å². The van der Waals surface area contributed by atoms with Crippen molar-refractivity contribution in [2.75, 3.05) is 0 Å². The molecule has 1 aliphatic carbocycles. The molecule has 0 aromatic rings. The monoisotopic (exact) mass is 180 g/mol. The fraction of sp³-hybridized carbons (Fsp3) is 0.750. The van der Waals surface area contributed by atoms with Crippen molar-refractivity contribution in [2.45, 2.75) is 51.9 Å². The molecule has 0 N–H and O–H groups in total. The van der Waals surface area contributed by atoms with Crippen molar-refractivity contribution in [1.82, 2.24) is 0 Å². The molecule has 1 nitrogen and oxygen atoms in total. The van der Waals surface area contributed by atoms with Gasteiger partial charge < -0.3 is 0 Å². The van der Waals surface area contributed by atoms with Crippen LogP contribution in [0.5, 0.6) is 0 Å². The Hall–Kier alpha value is -0.590. The van der Waals surface area contributed by atoms with Gasteiger partial charge in [-0.1, -0.05) is 31.9 Å². The van der Waals surface area contributed by atoms with Crippen molar-refractivity contribution in [3.63, 3.8) is 0 Å². The van der Waals surface area contributed by atoms with Gasteiger partial charge in [0.2, 0.25) is 0 Å². The van der Waals surface area contributed by atoms with E-state index in [0.717, 1.165) is 19.3 Å². The number of Topliss-reactive ketones (excluding diaryl/α,β-unsaturated/α-hetero) is 1. The normalized spacial score (nSPS) is 24.1. The lowest BCUT2D eigenvalue weighted by atomic mass is 9.88. The second kappa shape index (κ2) is 5.95. The van der Waals surface area contributed by atoms with Gasteiger partial charge in [0.05, 0.1) is 0 Å². The predicted molar refractivity (Wildman–Crippen MR) is 55.6 cm³/mol. The highest BCUT2D eigenvalue weighted by molar-refractivity contribution is 5.79. The molecule has 1 fully saturated rings. The van der Waals surface area contributed by atoms with Gasteiger partial charge in [0.15, 0.2) is 0 Å². The lowest BCUT2D eigenvalue weighted by Crippen LogP contribution is -2.12. The summed E-state index contributed by atoms with van der Waals surface area (Å²) in [6.45, 7) is 2.21. The van der Waals surface area contributed by atoms with E-state index in [4.69, 9.17) is 0 Å². The number of rotatable bonds is 4. The molecule has 0 bridgehead atoms. The minimum atomic E-state index is 0.455. The molecule has 0 unspecified atom stereocenters. The summed E-state index contributed by atoms with van der Waals surface area (Å²) >= 11 is 0. The first kappa shape index (κ1) is 10.5. The van der Waals surface area contributed by atoms with Gasteiger partial charge in [-0.15, -0.1) is 0 Å². The van der Waals surface area contributed by atoms with Crippen LogP contribution in [-0.4, -0.2) is 5.78 Å². The topological polar surface area (TPSA) is 17.1 Å². The number of hydrogen-bond acceptors (Lipinski definition) is 1. The zero-order valence-electron chi connectivity index (χ0n) is 8.59. The minimum Gasteiger partial charge on any atom is -0.300 e. The molecule has 0 amide bonds. The third-order valence-corrected chi connectivity index (χ3v) is 2.65. The standard InChI is InChI=1S/C12H20O/c1-2-3-4-5-7-11-8-6-9-12(13)10-11/h5,7,11H,2-4,6,8-10H2,1H3/b7-5+/t11-/m1/s1. The Morgan fingerprint density at radius 2 is 2.38 bits per heavy atom. The fourth-order valence-electron chi connectivity index (χ4n) is 1.83. The molecule has 1 atom stereocenters. The smallest absolute Gasteiger partial charge is 0.133 e. The molecular weight excluding hydrogens is 160 g/mol. The Labute approximate surface area is 81.2 Å². The lowest BCUT2D eigenvalue weighted by molar-refractivity contribution is -0.121. The quantitative estimate of drug-likeness (QED) is 0.478. The van der Waals surface area contributed by atoms with Gasteiger partial charge in [0.25, 0.3) is 0 Å². The zero-order chi connectivity index (χ0) is 9.52. The third-order valence-electron chi connectivity index (χ3n) is 2.65. The summed E-state index contributed by atoms with van der Waals surface area (Å²) in [7, 11) is 0. The van der Waals surface area contributed by atoms with Gasteiger partial charge in [-0.2, -0.15) is 0 Å². The van der Waals surface area contributed by atoms with Crippen molar-refractivity contribution in [3.05, 3.63) is 12.2 Å². The summed E-state index contributed by atoms with van der Waals surface area (Å²) in [6.07, 6.45) is 12.2. The number of unbranched alkanes of at least 4 members (excludes halogenated alkanes) is 2. The minimum absolute atomic E-state index is 0.455. The zero-order valence-corrected chi connectivity index (χ0v) is 8.59. The molecule has 0 heterocycles. The first-order chi connectivity index (χ1) is 6.33. The molecular formula is C12H20O. The average Bonchev–Trinajstić information content (AvgIpc) is 2.13. The first-order valence-corrected chi connectivity index (χ1v) is 5.51. The summed E-state index contributed by atoms with van der Waals surface area (Å²) in [5.41, 5.74) is 0. The van der Waals surface area contributed by atoms with Gasteiger partial charge in [-0.3, -0.25) is 4.79 Å². The van der Waals surface area contributed by atoms with Crippen molar-refractivity contribution in [3.8, 4) is 0 Å². The number of ketones is 1. The van der Waals surface area contributed by atoms with Crippen LogP contribution in [0, 0.1) is 5.92 Å². The Morgan fingerprint density at radius 1 is 1.54 bits per heavy atom. The summed E-state index contributed by atoms with van der Waals surface area (Å²) in [6, 6.07) is 0. The van der Waals surface area contributed by atoms with E-state index >= 15 is 0 Å². The van der Waals surface area contributed by atoms with Crippen molar-refractivity contribution in [1.29, 1.82) is 0 Å². The Balaban J connectivity index is 2.19. The average molecular weight is 180 g/mol. The Kier molecular flexibility index (Phi) is 4.81. The highest BCUT2D eigenvalue weighted by Gasteiger charge is 2.16. The van der Waals surface area contributed by atoms with Gasteiger partial charge in [0, 0.05) is 12.8 Å². The summed E-state index contributed by atoms with van der Waals surface area (Å²) in [4.78, 5) is 11.1. The van der Waals surface area contributed by atoms with Crippen LogP contribution < -0.4 is 0 Å². The van der Waals surface area contributed by atoms with Gasteiger partial charge in [-0.25, -0.2) is 0 Å². The Morgan fingerprint density at radius 3 is 3.08 bits per heavy atom. The van der Waals surface area contributed by atoms with Gasteiger partial charge >= 0.3 is 0 Å². The van der Waals surface area contributed by atoms with Crippen molar-refractivity contribution in [2.24, 2.45) is 5.92 Å². The van der Waals surface area contributed by atoms with E-state index in [1.165, 1.54) is 25.7 Å². The molecule has 0 aromatic carbocycles. The second-order valence-corrected chi connectivity index (χ2v) is 3.97. The second-order valence-electron chi connectivity index (χ2n) is 3.97. The number of allylic oxidation sites excluding steroid dienone is 2. The first-order valence-electron chi connectivity index (χ1n) is 5.51. The molecule has 0 aromatic heterocycles. The third kappa shape index (κ3) is 4.25. The molecule has 1 rings (SSSR count). The van der Waals surface area contributed by atoms with Crippen LogP contribution in [0.15, 0.2) is 12.2 Å². The van der Waals surface area contributed by atoms with E-state index in [1.54, 1.807) is 0 Å². The summed E-state index contributed by atoms with van der Waals surface area (Å²) in [5.74, 6) is 1.01. The number of carbonyl (C=O) groups is 1. The van der Waals surface area contributed by atoms with Gasteiger partial charge in [-0.05, 0) is 25.2 Å². The summed E-state index contributed by atoms with van der Waals surface area (Å²) in [5, 5.41) is 0. The molecule has 0 spiro atoms. The molecule has 0 radical (unpaired) electrons. The van der Waals surface area contributed by atoms with Crippen LogP contribution in [0.3, 0.4) is 0 Å². The summed E-state index contributed by atoms with van der Waals surface area (Å²) < 4.78 is 0. The molecule has 1 heteroatoms. The molecule has 1 aliphatic rings. The van der Waals surface area contributed by atoms with Crippen LogP contribution in [0.4, 0.5) is 0 Å². The number of hydrogen-bond donors (Lipinski definition) is 0. The van der Waals surface area contributed by atoms with Crippen LogP contribution >= 0.6 is 0 Å². The Bertz CT molecular complexity index is 182. The maximum absolute atomic E-state index is 11.1. The molecule has 1 saturated carbocycles. The van der Waals surface area contributed by atoms with E-state index < -0.39 is 0 Å². The van der Waals surface area contributed by atoms with E-state index in [1.807, 2.05) is 0 Å². The maximum Gasteiger partial charge on any atom is 0.133 e. The molecule has 0 aliphatic heterocycles. The highest BCUT2D eigenvalue weighted by Crippen LogP contribution is 2.22. The van der Waals surface area contributed by atoms with Gasteiger partial charge in [0.1, 0.15) is 5.78 Å². The van der Waals surface area contributed by atoms with E-state index in [2.05, 4.69) is 19.1 Å². The molecule has 0 saturated heterocycles. The van der Waals surface area contributed by atoms with E-state index in [0.29, 0.717) is 11.7 Å². The predicted octanol–water partition coefficient (Wildman–Crippen LogP) is 3.49. The fourth-order valence-corrected chi connectivity index (χ4v) is 1.83. The van der Waals surface area contributed by atoms with Crippen LogP contribution in [-0.2, 0) is 4.79 Å². The SMILES string of the molecule is CCCC/C=C/[C@@H]1CCCC(=O)C1. The van der Waals surface area contributed by atoms with Crippen molar-refractivity contribution < 1.29 is 4.79 Å². The van der Waals surface area contributed by atoms with Crippen molar-refractivity contribution >= 4 is 5.78 Å². The number of carbonyl (C=O) groups excluding carboxylic acids is 1. The van der Waals surface area contributed by atoms with Crippen LogP contribution in [0.2, 0.25) is 0 Å². The lowest BCUT2D eigenvalue weighted by Gasteiger charge is -2.16.